The van der Waals surface area contributed by atoms with E-state index in [1.165, 1.54) is 33.4 Å². The Bertz CT molecular complexity index is 1270. The van der Waals surface area contributed by atoms with Crippen LogP contribution in [0, 0.1) is 0 Å². The highest BCUT2D eigenvalue weighted by Gasteiger charge is 2.52. The van der Waals surface area contributed by atoms with Gasteiger partial charge in [0, 0.05) is 36.8 Å². The Hall–Kier alpha value is -2.78. The van der Waals surface area contributed by atoms with Crippen molar-refractivity contribution < 1.29 is 29.3 Å². The van der Waals surface area contributed by atoms with Gasteiger partial charge < -0.3 is 19.7 Å². The Kier molecular flexibility index (Phi) is 8.65. The van der Waals surface area contributed by atoms with Crippen molar-refractivity contribution in [2.24, 2.45) is 0 Å². The second-order valence-corrected chi connectivity index (χ2v) is 14.0. The summed E-state index contributed by atoms with van der Waals surface area (Å²) in [6.07, 6.45) is 3.94. The Labute approximate surface area is 260 Å². The molecule has 4 aliphatic rings. The molecule has 0 fully saturated rings. The number of nitrogens with one attached hydrogen (secondary N) is 2. The molecule has 6 unspecified atom stereocenters. The number of hydrogen-bond acceptors (Lipinski definition) is 8. The minimum atomic E-state index is -2.08. The average molecular weight is 605 g/mol. The van der Waals surface area contributed by atoms with Gasteiger partial charge in [-0.15, -0.1) is 0 Å². The maximum absolute atomic E-state index is 13.6. The minimum Gasteiger partial charge on any atom is -0.441 e. The van der Waals surface area contributed by atoms with Gasteiger partial charge in [-0.05, 0) is 112 Å². The van der Waals surface area contributed by atoms with Crippen molar-refractivity contribution in [3.63, 3.8) is 0 Å². The van der Waals surface area contributed by atoms with E-state index in [2.05, 4.69) is 47.0 Å². The summed E-state index contributed by atoms with van der Waals surface area (Å²) >= 11 is 0. The molecule has 0 saturated carbocycles. The summed E-state index contributed by atoms with van der Waals surface area (Å²) in [6.45, 7) is 8.01. The fourth-order valence-electron chi connectivity index (χ4n) is 8.67. The smallest absolute Gasteiger partial charge is 0.340 e. The van der Waals surface area contributed by atoms with Crippen LogP contribution in [0.5, 0.6) is 0 Å². The van der Waals surface area contributed by atoms with E-state index in [0.29, 0.717) is 12.8 Å². The normalized spacial score (nSPS) is 28.5. The first-order valence-electron chi connectivity index (χ1n) is 16.6. The number of ether oxygens (including phenoxy) is 2. The van der Waals surface area contributed by atoms with E-state index in [-0.39, 0.29) is 23.9 Å². The second-order valence-electron chi connectivity index (χ2n) is 14.0. The number of carbonyl (C=O) groups is 2. The number of hydrogen-bond donors (Lipinski definition) is 4. The molecule has 0 spiro atoms. The molecule has 8 heteroatoms. The van der Waals surface area contributed by atoms with E-state index in [4.69, 9.17) is 9.47 Å². The third-order valence-electron chi connectivity index (χ3n) is 10.2. The van der Waals surface area contributed by atoms with Gasteiger partial charge in [-0.1, -0.05) is 36.4 Å². The summed E-state index contributed by atoms with van der Waals surface area (Å²) in [6, 6.07) is 12.8. The highest BCUT2D eigenvalue weighted by atomic mass is 16.6. The van der Waals surface area contributed by atoms with Crippen LogP contribution >= 0.6 is 0 Å². The summed E-state index contributed by atoms with van der Waals surface area (Å²) in [5.41, 5.74) is 5.45. The molecule has 0 saturated heterocycles. The molecule has 4 N–H and O–H groups in total. The lowest BCUT2D eigenvalue weighted by molar-refractivity contribution is -0.200. The lowest BCUT2D eigenvalue weighted by Crippen LogP contribution is -2.61. The fraction of sp³-hybridized carbons (Fsp3) is 0.611. The lowest BCUT2D eigenvalue weighted by Gasteiger charge is -2.49. The summed E-state index contributed by atoms with van der Waals surface area (Å²) < 4.78 is 12.4. The predicted octanol–water partition coefficient (Wildman–Crippen LogP) is 4.32. The summed E-state index contributed by atoms with van der Waals surface area (Å²) in [5, 5.41) is 29.3. The molecule has 0 bridgehead atoms. The van der Waals surface area contributed by atoms with E-state index in [0.717, 1.165) is 51.4 Å². The van der Waals surface area contributed by atoms with Gasteiger partial charge in [0.2, 0.25) is 0 Å². The third kappa shape index (κ3) is 5.59. The Morgan fingerprint density at radius 3 is 1.41 bits per heavy atom. The standard InChI is InChI=1S/C36H48N2O6/c1-21(2)37-35(19-17-25-11-5-9-23-13-7-15-27(35)29(23)25)43-33(41)31(39)32(40)34(42)44-36(38-22(3)4)20-18-26-12-6-10-24-14-8-16-28(36)30(24)26/h5-6,9-12,21-22,27-28,31-32,37-40H,7-8,13-20H2,1-4H3. The molecule has 0 heterocycles. The van der Waals surface area contributed by atoms with Crippen molar-refractivity contribution in [2.75, 3.05) is 0 Å². The first-order valence-corrected chi connectivity index (χ1v) is 16.6. The Morgan fingerprint density at radius 2 is 1.05 bits per heavy atom. The number of esters is 2. The first-order chi connectivity index (χ1) is 21.0. The van der Waals surface area contributed by atoms with Gasteiger partial charge in [-0.2, -0.15) is 0 Å². The van der Waals surface area contributed by atoms with Crippen molar-refractivity contribution in [3.05, 3.63) is 69.8 Å². The van der Waals surface area contributed by atoms with Crippen LogP contribution in [0.4, 0.5) is 0 Å². The first kappa shape index (κ1) is 31.2. The largest absolute Gasteiger partial charge is 0.441 e. The number of rotatable bonds is 9. The summed E-state index contributed by atoms with van der Waals surface area (Å²) in [4.78, 5) is 27.2. The van der Waals surface area contributed by atoms with Crippen LogP contribution < -0.4 is 10.6 Å². The van der Waals surface area contributed by atoms with Gasteiger partial charge in [-0.3, -0.25) is 10.6 Å². The van der Waals surface area contributed by atoms with Crippen LogP contribution in [0.25, 0.3) is 0 Å². The molecule has 44 heavy (non-hydrogen) atoms. The molecule has 0 radical (unpaired) electrons. The average Bonchev–Trinajstić information content (AvgIpc) is 2.99. The van der Waals surface area contributed by atoms with E-state index < -0.39 is 35.6 Å². The maximum Gasteiger partial charge on any atom is 0.340 e. The van der Waals surface area contributed by atoms with Crippen molar-refractivity contribution in [3.8, 4) is 0 Å². The van der Waals surface area contributed by atoms with Crippen molar-refractivity contribution in [1.29, 1.82) is 0 Å². The molecule has 238 valence electrons. The number of aryl methyl sites for hydroxylation is 4. The third-order valence-corrected chi connectivity index (χ3v) is 10.2. The molecule has 0 aromatic heterocycles. The summed E-state index contributed by atoms with van der Waals surface area (Å²) in [7, 11) is 0. The van der Waals surface area contributed by atoms with E-state index >= 15 is 0 Å². The number of aliphatic hydroxyl groups is 2. The molecular formula is C36H48N2O6. The minimum absolute atomic E-state index is 0.00185. The monoisotopic (exact) mass is 604 g/mol. The van der Waals surface area contributed by atoms with E-state index in [1.54, 1.807) is 0 Å². The van der Waals surface area contributed by atoms with Crippen LogP contribution in [0.2, 0.25) is 0 Å². The van der Waals surface area contributed by atoms with Gasteiger partial charge in [0.1, 0.15) is 0 Å². The summed E-state index contributed by atoms with van der Waals surface area (Å²) in [5.74, 6) is -2.21. The van der Waals surface area contributed by atoms with Crippen molar-refractivity contribution in [1.82, 2.24) is 10.6 Å². The number of carbonyl (C=O) groups excluding carboxylic acids is 2. The molecular weight excluding hydrogens is 556 g/mol. The van der Waals surface area contributed by atoms with Crippen LogP contribution in [-0.2, 0) is 44.7 Å². The van der Waals surface area contributed by atoms with Gasteiger partial charge in [-0.25, -0.2) is 9.59 Å². The zero-order chi connectivity index (χ0) is 31.2. The molecule has 0 amide bonds. The quantitative estimate of drug-likeness (QED) is 0.247. The maximum atomic E-state index is 13.6. The molecule has 6 atom stereocenters. The van der Waals surface area contributed by atoms with Crippen LogP contribution in [-0.4, -0.2) is 57.9 Å². The number of benzene rings is 2. The molecule has 8 nitrogen and oxygen atoms in total. The van der Waals surface area contributed by atoms with E-state index in [1.807, 2.05) is 27.7 Å². The molecule has 4 aliphatic carbocycles. The molecule has 2 aromatic rings. The predicted molar refractivity (Wildman–Crippen MR) is 167 cm³/mol. The Balaban J connectivity index is 1.23. The lowest BCUT2D eigenvalue weighted by atomic mass is 9.68. The second kappa shape index (κ2) is 12.2. The van der Waals surface area contributed by atoms with E-state index in [9.17, 15) is 19.8 Å². The topological polar surface area (TPSA) is 117 Å². The zero-order valence-corrected chi connectivity index (χ0v) is 26.5. The van der Waals surface area contributed by atoms with Crippen LogP contribution in [0.1, 0.15) is 111 Å². The van der Waals surface area contributed by atoms with Gasteiger partial charge >= 0.3 is 11.9 Å². The highest BCUT2D eigenvalue weighted by molar-refractivity contribution is 5.85. The molecule has 2 aromatic carbocycles. The van der Waals surface area contributed by atoms with Crippen molar-refractivity contribution in [2.45, 2.75) is 139 Å². The number of aliphatic hydroxyl groups excluding tert-OH is 2. The zero-order valence-electron chi connectivity index (χ0n) is 26.5. The highest BCUT2D eigenvalue weighted by Crippen LogP contribution is 2.49. The van der Waals surface area contributed by atoms with Crippen molar-refractivity contribution >= 4 is 11.9 Å². The molecule has 6 rings (SSSR count). The van der Waals surface area contributed by atoms with Gasteiger partial charge in [0.15, 0.2) is 23.7 Å². The van der Waals surface area contributed by atoms with Crippen LogP contribution in [0.15, 0.2) is 36.4 Å². The SMILES string of the molecule is CC(C)NC1(OC(=O)C(O)C(O)C(=O)OC2(NC(C)C)CCc3cccc4c3C2CCC4)CCc2cccc3c2C1CCC3. The Morgan fingerprint density at radius 1 is 0.682 bits per heavy atom. The van der Waals surface area contributed by atoms with Gasteiger partial charge in [0.05, 0.1) is 0 Å². The van der Waals surface area contributed by atoms with Gasteiger partial charge in [0.25, 0.3) is 0 Å². The molecule has 0 aliphatic heterocycles. The fourth-order valence-corrected chi connectivity index (χ4v) is 8.67. The van der Waals surface area contributed by atoms with Crippen LogP contribution in [0.3, 0.4) is 0 Å².